The van der Waals surface area contributed by atoms with Gasteiger partial charge in [0.05, 0.1) is 25.0 Å². The van der Waals surface area contributed by atoms with E-state index in [0.29, 0.717) is 29.3 Å². The van der Waals surface area contributed by atoms with E-state index < -0.39 is 0 Å². The van der Waals surface area contributed by atoms with Gasteiger partial charge in [-0.2, -0.15) is 0 Å². The molecule has 4 rings (SSSR count). The van der Waals surface area contributed by atoms with Crippen molar-refractivity contribution in [1.82, 2.24) is 15.2 Å². The lowest BCUT2D eigenvalue weighted by molar-refractivity contribution is 0.0204. The molecule has 1 aliphatic heterocycles. The van der Waals surface area contributed by atoms with E-state index in [9.17, 15) is 4.79 Å². The average molecular weight is 391 g/mol. The quantitative estimate of drug-likeness (QED) is 0.697. The fraction of sp³-hybridized carbons (Fsp3) is 0.304. The number of ether oxygens (including phenoxy) is 1. The molecule has 2 heterocycles. The van der Waals surface area contributed by atoms with Gasteiger partial charge < -0.3 is 14.5 Å². The van der Waals surface area contributed by atoms with Crippen LogP contribution in [0.2, 0.25) is 0 Å². The van der Waals surface area contributed by atoms with Crippen molar-refractivity contribution in [1.29, 1.82) is 0 Å². The smallest absolute Gasteiger partial charge is 0.252 e. The molecule has 3 aromatic rings. The van der Waals surface area contributed by atoms with Gasteiger partial charge in [0.15, 0.2) is 5.76 Å². The highest BCUT2D eigenvalue weighted by Gasteiger charge is 2.20. The van der Waals surface area contributed by atoms with Crippen molar-refractivity contribution >= 4 is 5.91 Å². The largest absolute Gasteiger partial charge is 0.436 e. The molecule has 1 fully saturated rings. The van der Waals surface area contributed by atoms with Gasteiger partial charge in [-0.25, -0.2) is 4.98 Å². The second-order valence-corrected chi connectivity index (χ2v) is 7.15. The Bertz CT molecular complexity index is 949. The van der Waals surface area contributed by atoms with Crippen LogP contribution in [0, 0.1) is 0 Å². The van der Waals surface area contributed by atoms with Crippen molar-refractivity contribution < 1.29 is 13.9 Å². The zero-order chi connectivity index (χ0) is 20.1. The molecule has 29 heavy (non-hydrogen) atoms. The lowest BCUT2D eigenvalue weighted by Crippen LogP contribution is -2.47. The van der Waals surface area contributed by atoms with Crippen LogP contribution in [-0.2, 0) is 4.74 Å². The molecule has 0 aliphatic carbocycles. The Kier molecular flexibility index (Phi) is 6.03. The van der Waals surface area contributed by atoms with Crippen LogP contribution in [0.4, 0.5) is 0 Å². The standard InChI is InChI=1S/C23H25N3O3/c1-17(26-11-13-28-14-12-26)15-24-22(27)19-9-5-6-10-20(19)23-25-16-21(29-23)18-7-3-2-4-8-18/h2-10,16-17H,11-15H2,1H3,(H,24,27)/t17-/m0/s1. The molecule has 6 nitrogen and oxygen atoms in total. The molecule has 1 amide bonds. The van der Waals surface area contributed by atoms with Gasteiger partial charge in [-0.15, -0.1) is 0 Å². The number of hydrogen-bond acceptors (Lipinski definition) is 5. The van der Waals surface area contributed by atoms with Crippen LogP contribution in [0.3, 0.4) is 0 Å². The molecule has 1 atom stereocenters. The molecule has 0 spiro atoms. The molecule has 1 aliphatic rings. The average Bonchev–Trinajstić information content (AvgIpc) is 3.28. The summed E-state index contributed by atoms with van der Waals surface area (Å²) in [5.74, 6) is 0.993. The zero-order valence-corrected chi connectivity index (χ0v) is 16.5. The third kappa shape index (κ3) is 4.55. The molecular formula is C23H25N3O3. The van der Waals surface area contributed by atoms with Crippen molar-refractivity contribution in [3.8, 4) is 22.8 Å². The Hall–Kier alpha value is -2.96. The van der Waals surface area contributed by atoms with Crippen LogP contribution in [0.15, 0.2) is 65.2 Å². The molecule has 0 bridgehead atoms. The monoisotopic (exact) mass is 391 g/mol. The highest BCUT2D eigenvalue weighted by Crippen LogP contribution is 2.28. The molecule has 2 aromatic carbocycles. The molecular weight excluding hydrogens is 366 g/mol. The summed E-state index contributed by atoms with van der Waals surface area (Å²) in [5, 5.41) is 3.05. The van der Waals surface area contributed by atoms with Crippen molar-refractivity contribution in [2.75, 3.05) is 32.8 Å². The predicted octanol–water partition coefficient (Wildman–Crippen LogP) is 3.46. The first-order valence-electron chi connectivity index (χ1n) is 9.93. The summed E-state index contributed by atoms with van der Waals surface area (Å²) in [6.07, 6.45) is 1.69. The van der Waals surface area contributed by atoms with Gasteiger partial charge in [-0.05, 0) is 19.1 Å². The molecule has 0 saturated carbocycles. The third-order valence-corrected chi connectivity index (χ3v) is 5.19. The zero-order valence-electron chi connectivity index (χ0n) is 16.5. The van der Waals surface area contributed by atoms with E-state index in [1.165, 1.54) is 0 Å². The van der Waals surface area contributed by atoms with Crippen LogP contribution in [0.5, 0.6) is 0 Å². The Labute approximate surface area is 170 Å². The van der Waals surface area contributed by atoms with Gasteiger partial charge in [0.1, 0.15) is 0 Å². The second kappa shape index (κ2) is 9.03. The number of morpholine rings is 1. The van der Waals surface area contributed by atoms with Crippen molar-refractivity contribution in [3.63, 3.8) is 0 Å². The lowest BCUT2D eigenvalue weighted by Gasteiger charge is -2.32. The van der Waals surface area contributed by atoms with E-state index in [0.717, 1.165) is 31.9 Å². The summed E-state index contributed by atoms with van der Waals surface area (Å²) in [6.45, 7) is 5.98. The van der Waals surface area contributed by atoms with Crippen LogP contribution >= 0.6 is 0 Å². The van der Waals surface area contributed by atoms with Gasteiger partial charge >= 0.3 is 0 Å². The number of carbonyl (C=O) groups excluding carboxylic acids is 1. The van der Waals surface area contributed by atoms with Crippen LogP contribution in [0.1, 0.15) is 17.3 Å². The van der Waals surface area contributed by atoms with E-state index in [-0.39, 0.29) is 11.9 Å². The van der Waals surface area contributed by atoms with E-state index in [1.807, 2.05) is 48.5 Å². The number of oxazole rings is 1. The highest BCUT2D eigenvalue weighted by molar-refractivity contribution is 6.00. The number of amides is 1. The summed E-state index contributed by atoms with van der Waals surface area (Å²) in [7, 11) is 0. The van der Waals surface area contributed by atoms with Crippen LogP contribution in [-0.4, -0.2) is 54.7 Å². The number of nitrogens with one attached hydrogen (secondary N) is 1. The Morgan fingerprint density at radius 3 is 2.62 bits per heavy atom. The normalized spacial score (nSPS) is 15.8. The number of rotatable bonds is 6. The van der Waals surface area contributed by atoms with E-state index >= 15 is 0 Å². The minimum Gasteiger partial charge on any atom is -0.436 e. The summed E-state index contributed by atoms with van der Waals surface area (Å²) in [6, 6.07) is 17.5. The number of hydrogen-bond donors (Lipinski definition) is 1. The number of carbonyl (C=O) groups is 1. The number of aromatic nitrogens is 1. The maximum absolute atomic E-state index is 12.9. The first-order valence-corrected chi connectivity index (χ1v) is 9.93. The first kappa shape index (κ1) is 19.4. The van der Waals surface area contributed by atoms with Gasteiger partial charge in [0.25, 0.3) is 5.91 Å². The highest BCUT2D eigenvalue weighted by atomic mass is 16.5. The fourth-order valence-electron chi connectivity index (χ4n) is 3.49. The summed E-state index contributed by atoms with van der Waals surface area (Å²) < 4.78 is 11.4. The van der Waals surface area contributed by atoms with Gasteiger partial charge in [-0.3, -0.25) is 9.69 Å². The topological polar surface area (TPSA) is 67.6 Å². The van der Waals surface area contributed by atoms with E-state index in [2.05, 4.69) is 22.1 Å². The molecule has 1 N–H and O–H groups in total. The van der Waals surface area contributed by atoms with Crippen molar-refractivity contribution in [2.45, 2.75) is 13.0 Å². The van der Waals surface area contributed by atoms with Crippen molar-refractivity contribution in [2.24, 2.45) is 0 Å². The lowest BCUT2D eigenvalue weighted by atomic mass is 10.1. The van der Waals surface area contributed by atoms with Gasteiger partial charge in [0, 0.05) is 36.8 Å². The molecule has 6 heteroatoms. The summed E-state index contributed by atoms with van der Waals surface area (Å²) in [5.41, 5.74) is 2.20. The Morgan fingerprint density at radius 1 is 1.10 bits per heavy atom. The minimum atomic E-state index is -0.125. The molecule has 0 unspecified atom stereocenters. The molecule has 0 radical (unpaired) electrons. The van der Waals surface area contributed by atoms with E-state index in [1.54, 1.807) is 12.3 Å². The summed E-state index contributed by atoms with van der Waals surface area (Å²) >= 11 is 0. The Balaban J connectivity index is 1.48. The Morgan fingerprint density at radius 2 is 1.83 bits per heavy atom. The number of nitrogens with zero attached hydrogens (tertiary/aromatic N) is 2. The van der Waals surface area contributed by atoms with Crippen LogP contribution in [0.25, 0.3) is 22.8 Å². The summed E-state index contributed by atoms with van der Waals surface area (Å²) in [4.78, 5) is 19.6. The van der Waals surface area contributed by atoms with Crippen LogP contribution < -0.4 is 5.32 Å². The third-order valence-electron chi connectivity index (χ3n) is 5.19. The van der Waals surface area contributed by atoms with Gasteiger partial charge in [-0.1, -0.05) is 42.5 Å². The first-order chi connectivity index (χ1) is 14.2. The molecule has 1 saturated heterocycles. The number of benzene rings is 2. The maximum atomic E-state index is 12.9. The second-order valence-electron chi connectivity index (χ2n) is 7.15. The maximum Gasteiger partial charge on any atom is 0.252 e. The predicted molar refractivity (Wildman–Crippen MR) is 112 cm³/mol. The van der Waals surface area contributed by atoms with Crippen molar-refractivity contribution in [3.05, 3.63) is 66.4 Å². The molecule has 150 valence electrons. The molecule has 1 aromatic heterocycles. The van der Waals surface area contributed by atoms with E-state index in [4.69, 9.17) is 9.15 Å². The SMILES string of the molecule is C[C@@H](CNC(=O)c1ccccc1-c1ncc(-c2ccccc2)o1)N1CCOCC1. The minimum absolute atomic E-state index is 0.125. The fourth-order valence-corrected chi connectivity index (χ4v) is 3.49. The van der Waals surface area contributed by atoms with Gasteiger partial charge in [0.2, 0.25) is 5.89 Å².